The van der Waals surface area contributed by atoms with Gasteiger partial charge in [-0.1, -0.05) is 23.7 Å². The Labute approximate surface area is 188 Å². The lowest BCUT2D eigenvalue weighted by molar-refractivity contribution is 0.354. The van der Waals surface area contributed by atoms with Gasteiger partial charge in [0.2, 0.25) is 0 Å². The number of methoxy groups -OCH3 is 3. The Hall–Kier alpha value is -2.90. The molecule has 0 unspecified atom stereocenters. The number of nitrogens with zero attached hydrogens (tertiary/aromatic N) is 1. The molecule has 0 aromatic heterocycles. The quantitative estimate of drug-likeness (QED) is 0.468. The lowest BCUT2D eigenvalue weighted by Gasteiger charge is -2.26. The number of hydrogen-bond donors (Lipinski definition) is 0. The highest BCUT2D eigenvalue weighted by Crippen LogP contribution is 2.33. The molecular formula is C23H24ClNO5S. The molecular weight excluding hydrogens is 438 g/mol. The largest absolute Gasteiger partial charge is 0.497 e. The second-order valence-corrected chi connectivity index (χ2v) is 9.00. The Balaban J connectivity index is 2.12. The number of hydrogen-bond acceptors (Lipinski definition) is 5. The predicted molar refractivity (Wildman–Crippen MR) is 122 cm³/mol. The van der Waals surface area contributed by atoms with E-state index in [4.69, 9.17) is 25.8 Å². The van der Waals surface area contributed by atoms with Crippen molar-refractivity contribution in [3.63, 3.8) is 0 Å². The van der Waals surface area contributed by atoms with Crippen molar-refractivity contribution in [1.82, 2.24) is 0 Å². The van der Waals surface area contributed by atoms with Crippen LogP contribution >= 0.6 is 11.6 Å². The summed E-state index contributed by atoms with van der Waals surface area (Å²) in [6, 6.07) is 17.0. The standard InChI is InChI=1S/C23H24ClNO5S/c1-16-20(24)6-5-7-23(16)31(26,27)25(18-9-11-19(28-2)12-10-18)15-17-8-13-21(29-3)22(14-17)30-4/h5-14H,15H2,1-4H3. The molecule has 8 heteroatoms. The van der Waals surface area contributed by atoms with Crippen LogP contribution in [-0.2, 0) is 16.6 Å². The van der Waals surface area contributed by atoms with Crippen LogP contribution in [0.3, 0.4) is 0 Å². The molecule has 0 fully saturated rings. The topological polar surface area (TPSA) is 65.1 Å². The van der Waals surface area contributed by atoms with Crippen molar-refractivity contribution < 1.29 is 22.6 Å². The summed E-state index contributed by atoms with van der Waals surface area (Å²) in [7, 11) is 0.720. The van der Waals surface area contributed by atoms with Crippen molar-refractivity contribution in [2.75, 3.05) is 25.6 Å². The average Bonchev–Trinajstić information content (AvgIpc) is 2.79. The van der Waals surface area contributed by atoms with Gasteiger partial charge >= 0.3 is 0 Å². The van der Waals surface area contributed by atoms with Gasteiger partial charge in [-0.25, -0.2) is 8.42 Å². The van der Waals surface area contributed by atoms with Crippen molar-refractivity contribution in [3.8, 4) is 17.2 Å². The lowest BCUT2D eigenvalue weighted by Crippen LogP contribution is -2.31. The van der Waals surface area contributed by atoms with E-state index in [1.54, 1.807) is 81.8 Å². The first-order valence-electron chi connectivity index (χ1n) is 9.44. The first-order valence-corrected chi connectivity index (χ1v) is 11.3. The molecule has 0 saturated heterocycles. The van der Waals surface area contributed by atoms with Crippen molar-refractivity contribution >= 4 is 27.3 Å². The first kappa shape index (κ1) is 22.8. The van der Waals surface area contributed by atoms with Gasteiger partial charge in [-0.05, 0) is 66.6 Å². The smallest absolute Gasteiger partial charge is 0.264 e. The third-order valence-electron chi connectivity index (χ3n) is 4.92. The Morgan fingerprint density at radius 3 is 2.16 bits per heavy atom. The molecule has 3 rings (SSSR count). The van der Waals surface area contributed by atoms with Gasteiger partial charge in [0.15, 0.2) is 11.5 Å². The molecule has 6 nitrogen and oxygen atoms in total. The van der Waals surface area contributed by atoms with Crippen LogP contribution in [0.1, 0.15) is 11.1 Å². The van der Waals surface area contributed by atoms with E-state index in [-0.39, 0.29) is 11.4 Å². The van der Waals surface area contributed by atoms with Crippen LogP contribution in [-0.4, -0.2) is 29.7 Å². The van der Waals surface area contributed by atoms with Crippen LogP contribution in [0.5, 0.6) is 17.2 Å². The maximum absolute atomic E-state index is 13.7. The number of rotatable bonds is 8. The molecule has 0 amide bonds. The summed E-state index contributed by atoms with van der Waals surface area (Å²) in [5.74, 6) is 1.72. The Morgan fingerprint density at radius 1 is 0.871 bits per heavy atom. The first-order chi connectivity index (χ1) is 14.8. The lowest BCUT2D eigenvalue weighted by atomic mass is 10.2. The normalized spacial score (nSPS) is 11.1. The minimum absolute atomic E-state index is 0.0843. The molecule has 31 heavy (non-hydrogen) atoms. The molecule has 0 heterocycles. The summed E-state index contributed by atoms with van der Waals surface area (Å²) in [4.78, 5) is 0.149. The van der Waals surface area contributed by atoms with Crippen LogP contribution in [0.2, 0.25) is 5.02 Å². The zero-order valence-electron chi connectivity index (χ0n) is 17.8. The fourth-order valence-corrected chi connectivity index (χ4v) is 5.13. The van der Waals surface area contributed by atoms with Gasteiger partial charge in [0.1, 0.15) is 5.75 Å². The molecule has 0 spiro atoms. The molecule has 3 aromatic rings. The van der Waals surface area contributed by atoms with Gasteiger partial charge in [0.25, 0.3) is 10.0 Å². The van der Waals surface area contributed by atoms with Gasteiger partial charge in [0, 0.05) is 5.02 Å². The van der Waals surface area contributed by atoms with Crippen LogP contribution in [0.4, 0.5) is 5.69 Å². The zero-order valence-corrected chi connectivity index (χ0v) is 19.3. The number of ether oxygens (including phenoxy) is 3. The fourth-order valence-electron chi connectivity index (χ4n) is 3.19. The summed E-state index contributed by atoms with van der Waals surface area (Å²) >= 11 is 6.21. The van der Waals surface area contributed by atoms with Crippen LogP contribution in [0, 0.1) is 6.92 Å². The van der Waals surface area contributed by atoms with E-state index in [0.29, 0.717) is 33.5 Å². The van der Waals surface area contributed by atoms with E-state index in [2.05, 4.69) is 0 Å². The number of halogens is 1. The van der Waals surface area contributed by atoms with Gasteiger partial charge < -0.3 is 14.2 Å². The molecule has 0 saturated carbocycles. The van der Waals surface area contributed by atoms with E-state index in [0.717, 1.165) is 5.56 Å². The van der Waals surface area contributed by atoms with Gasteiger partial charge in [-0.3, -0.25) is 4.31 Å². The van der Waals surface area contributed by atoms with Crippen molar-refractivity contribution in [1.29, 1.82) is 0 Å². The SMILES string of the molecule is COc1ccc(N(Cc2ccc(OC)c(OC)c2)S(=O)(=O)c2cccc(Cl)c2C)cc1. The highest BCUT2D eigenvalue weighted by Gasteiger charge is 2.28. The molecule has 3 aromatic carbocycles. The second kappa shape index (κ2) is 9.49. The molecule has 0 aliphatic heterocycles. The maximum atomic E-state index is 13.7. The van der Waals surface area contributed by atoms with Crippen LogP contribution < -0.4 is 18.5 Å². The highest BCUT2D eigenvalue weighted by atomic mass is 35.5. The Bertz CT molecular complexity index is 1160. The summed E-state index contributed by atoms with van der Waals surface area (Å²) < 4.78 is 44.7. The van der Waals surface area contributed by atoms with E-state index >= 15 is 0 Å². The molecule has 0 radical (unpaired) electrons. The third-order valence-corrected chi connectivity index (χ3v) is 7.25. The van der Waals surface area contributed by atoms with E-state index in [1.807, 2.05) is 0 Å². The van der Waals surface area contributed by atoms with Crippen molar-refractivity contribution in [2.45, 2.75) is 18.4 Å². The van der Waals surface area contributed by atoms with Crippen LogP contribution in [0.25, 0.3) is 0 Å². The monoisotopic (exact) mass is 461 g/mol. The minimum atomic E-state index is -3.92. The molecule has 0 N–H and O–H groups in total. The minimum Gasteiger partial charge on any atom is -0.497 e. The van der Waals surface area contributed by atoms with E-state index in [1.165, 1.54) is 11.4 Å². The Kier molecular flexibility index (Phi) is 6.97. The molecule has 0 bridgehead atoms. The zero-order chi connectivity index (χ0) is 22.6. The predicted octanol–water partition coefficient (Wildman–Crippen LogP) is 5.07. The highest BCUT2D eigenvalue weighted by molar-refractivity contribution is 7.92. The summed E-state index contributed by atoms with van der Waals surface area (Å²) in [5.41, 5.74) is 1.72. The van der Waals surface area contributed by atoms with Gasteiger partial charge in [-0.2, -0.15) is 0 Å². The maximum Gasteiger partial charge on any atom is 0.264 e. The molecule has 164 valence electrons. The average molecular weight is 462 g/mol. The van der Waals surface area contributed by atoms with Gasteiger partial charge in [0.05, 0.1) is 38.5 Å². The van der Waals surface area contributed by atoms with Crippen molar-refractivity contribution in [2.24, 2.45) is 0 Å². The molecule has 0 aliphatic carbocycles. The number of benzene rings is 3. The molecule has 0 atom stereocenters. The number of sulfonamides is 1. The molecule has 0 aliphatic rings. The van der Waals surface area contributed by atoms with Crippen LogP contribution in [0.15, 0.2) is 65.6 Å². The van der Waals surface area contributed by atoms with Gasteiger partial charge in [-0.15, -0.1) is 0 Å². The summed E-state index contributed by atoms with van der Waals surface area (Å²) in [5, 5.41) is 0.391. The summed E-state index contributed by atoms with van der Waals surface area (Å²) in [6.07, 6.45) is 0. The van der Waals surface area contributed by atoms with E-state index in [9.17, 15) is 8.42 Å². The number of anilines is 1. The fraction of sp³-hybridized carbons (Fsp3) is 0.217. The summed E-state index contributed by atoms with van der Waals surface area (Å²) in [6.45, 7) is 1.78. The van der Waals surface area contributed by atoms with E-state index < -0.39 is 10.0 Å². The Morgan fingerprint density at radius 2 is 1.55 bits per heavy atom. The third kappa shape index (κ3) is 4.73. The second-order valence-electron chi connectivity index (χ2n) is 6.76. The van der Waals surface area contributed by atoms with Crippen molar-refractivity contribution in [3.05, 3.63) is 76.8 Å².